The molecule has 0 saturated carbocycles. The standard InChI is InChI=1S/C16H14BrN2/c1-2-18-12-19(16-10-6-5-9-15(16)18)11-13-7-3-4-8-14(13)17/h2-10,12H,1,11H2/q+1. The first kappa shape index (κ1) is 12.2. The molecule has 0 unspecified atom stereocenters. The molecular formula is C16H14BrN2+. The molecule has 0 fully saturated rings. The highest BCUT2D eigenvalue weighted by atomic mass is 79.9. The molecule has 3 heteroatoms. The van der Waals surface area contributed by atoms with Crippen LogP contribution in [0.2, 0.25) is 0 Å². The van der Waals surface area contributed by atoms with Crippen LogP contribution in [0.4, 0.5) is 0 Å². The van der Waals surface area contributed by atoms with Crippen LogP contribution in [0, 0.1) is 0 Å². The van der Waals surface area contributed by atoms with Gasteiger partial charge in [0.25, 0.3) is 0 Å². The number of halogens is 1. The van der Waals surface area contributed by atoms with Gasteiger partial charge >= 0.3 is 0 Å². The summed E-state index contributed by atoms with van der Waals surface area (Å²) < 4.78 is 5.42. The molecule has 3 rings (SSSR count). The fraction of sp³-hybridized carbons (Fsp3) is 0.0625. The van der Waals surface area contributed by atoms with Crippen molar-refractivity contribution in [3.63, 3.8) is 0 Å². The lowest BCUT2D eigenvalue weighted by Crippen LogP contribution is -2.32. The molecular weight excluding hydrogens is 300 g/mol. The minimum absolute atomic E-state index is 0.836. The van der Waals surface area contributed by atoms with E-state index in [9.17, 15) is 0 Å². The summed E-state index contributed by atoms with van der Waals surface area (Å²) in [5.74, 6) is 0. The molecule has 0 atom stereocenters. The van der Waals surface area contributed by atoms with Crippen molar-refractivity contribution in [2.24, 2.45) is 0 Å². The highest BCUT2D eigenvalue weighted by molar-refractivity contribution is 9.10. The molecule has 0 aliphatic carbocycles. The minimum Gasteiger partial charge on any atom is -0.225 e. The molecule has 0 spiro atoms. The molecule has 0 bridgehead atoms. The molecule has 2 nitrogen and oxygen atoms in total. The van der Waals surface area contributed by atoms with E-state index in [0.29, 0.717) is 0 Å². The second kappa shape index (κ2) is 5.02. The number of para-hydroxylation sites is 2. The molecule has 0 amide bonds. The van der Waals surface area contributed by atoms with E-state index in [0.717, 1.165) is 11.0 Å². The van der Waals surface area contributed by atoms with Crippen molar-refractivity contribution in [2.45, 2.75) is 6.54 Å². The second-order valence-corrected chi connectivity index (χ2v) is 5.27. The highest BCUT2D eigenvalue weighted by Gasteiger charge is 2.14. The number of aromatic nitrogens is 2. The molecule has 19 heavy (non-hydrogen) atoms. The molecule has 0 N–H and O–H groups in total. The van der Waals surface area contributed by atoms with Crippen molar-refractivity contribution in [1.29, 1.82) is 0 Å². The van der Waals surface area contributed by atoms with Crippen LogP contribution in [0.15, 0.2) is 65.9 Å². The summed E-state index contributed by atoms with van der Waals surface area (Å²) in [4.78, 5) is 0. The van der Waals surface area contributed by atoms with Crippen LogP contribution in [0.3, 0.4) is 0 Å². The molecule has 0 saturated heterocycles. The Morgan fingerprint density at radius 3 is 2.63 bits per heavy atom. The van der Waals surface area contributed by atoms with Gasteiger partial charge < -0.3 is 0 Å². The number of nitrogens with zero attached hydrogens (tertiary/aromatic N) is 2. The second-order valence-electron chi connectivity index (χ2n) is 4.41. The molecule has 0 aliphatic heterocycles. The lowest BCUT2D eigenvalue weighted by Gasteiger charge is -2.01. The summed E-state index contributed by atoms with van der Waals surface area (Å²) in [6, 6.07) is 16.6. The average molecular weight is 314 g/mol. The third kappa shape index (κ3) is 2.22. The van der Waals surface area contributed by atoms with Crippen LogP contribution >= 0.6 is 15.9 Å². The Hall–Kier alpha value is -1.87. The maximum absolute atomic E-state index is 3.86. The third-order valence-electron chi connectivity index (χ3n) is 3.23. The normalized spacial score (nSPS) is 10.8. The van der Waals surface area contributed by atoms with Crippen molar-refractivity contribution in [3.05, 3.63) is 71.5 Å². The van der Waals surface area contributed by atoms with Crippen LogP contribution in [-0.2, 0) is 6.54 Å². The Kier molecular flexibility index (Phi) is 3.22. The summed E-state index contributed by atoms with van der Waals surface area (Å²) in [6.07, 6.45) is 3.91. The zero-order valence-corrected chi connectivity index (χ0v) is 12.0. The number of benzene rings is 2. The summed E-state index contributed by atoms with van der Waals surface area (Å²) in [7, 11) is 0. The fourth-order valence-corrected chi connectivity index (χ4v) is 2.69. The van der Waals surface area contributed by atoms with Crippen LogP contribution in [0.25, 0.3) is 17.2 Å². The first-order valence-corrected chi connectivity index (χ1v) is 6.94. The molecule has 94 valence electrons. The molecule has 1 aromatic heterocycles. The van der Waals surface area contributed by atoms with Gasteiger partial charge in [0.2, 0.25) is 6.33 Å². The first-order chi connectivity index (χ1) is 9.29. The lowest BCUT2D eigenvalue weighted by atomic mass is 10.2. The van der Waals surface area contributed by atoms with Gasteiger partial charge in [-0.25, -0.2) is 9.13 Å². The van der Waals surface area contributed by atoms with Gasteiger partial charge in [-0.3, -0.25) is 0 Å². The van der Waals surface area contributed by atoms with E-state index in [2.05, 4.69) is 69.8 Å². The van der Waals surface area contributed by atoms with Crippen molar-refractivity contribution in [1.82, 2.24) is 4.57 Å². The number of imidazole rings is 1. The van der Waals surface area contributed by atoms with E-state index in [1.165, 1.54) is 16.6 Å². The Morgan fingerprint density at radius 1 is 1.11 bits per heavy atom. The number of rotatable bonds is 3. The van der Waals surface area contributed by atoms with E-state index in [1.807, 2.05) is 22.9 Å². The van der Waals surface area contributed by atoms with Crippen molar-refractivity contribution < 1.29 is 4.57 Å². The third-order valence-corrected chi connectivity index (χ3v) is 4.00. The molecule has 0 aliphatic rings. The highest BCUT2D eigenvalue weighted by Crippen LogP contribution is 2.17. The van der Waals surface area contributed by atoms with Gasteiger partial charge in [0.1, 0.15) is 6.54 Å². The van der Waals surface area contributed by atoms with Gasteiger partial charge in [-0.05, 0) is 18.2 Å². The van der Waals surface area contributed by atoms with Crippen LogP contribution in [0.1, 0.15) is 5.56 Å². The zero-order chi connectivity index (χ0) is 13.2. The Balaban J connectivity index is 2.11. The monoisotopic (exact) mass is 313 g/mol. The number of hydrogen-bond donors (Lipinski definition) is 0. The maximum atomic E-state index is 3.86. The SMILES string of the molecule is C=Cn1c[n+](Cc2ccccc2Br)c2ccccc21. The van der Waals surface area contributed by atoms with Crippen molar-refractivity contribution >= 4 is 33.2 Å². The van der Waals surface area contributed by atoms with Crippen LogP contribution in [0.5, 0.6) is 0 Å². The van der Waals surface area contributed by atoms with Gasteiger partial charge in [0.05, 0.1) is 6.20 Å². The first-order valence-electron chi connectivity index (χ1n) is 6.14. The quantitative estimate of drug-likeness (QED) is 0.650. The van der Waals surface area contributed by atoms with Gasteiger partial charge in [-0.15, -0.1) is 0 Å². The largest absolute Gasteiger partial charge is 0.249 e. The van der Waals surface area contributed by atoms with E-state index in [-0.39, 0.29) is 0 Å². The predicted molar refractivity (Wildman–Crippen MR) is 81.8 cm³/mol. The average Bonchev–Trinajstić information content (AvgIpc) is 2.80. The summed E-state index contributed by atoms with van der Waals surface area (Å²) in [5.41, 5.74) is 3.64. The number of fused-ring (bicyclic) bond motifs is 1. The Morgan fingerprint density at radius 2 is 1.84 bits per heavy atom. The summed E-state index contributed by atoms with van der Waals surface area (Å²) >= 11 is 3.60. The minimum atomic E-state index is 0.836. The van der Waals surface area contributed by atoms with Gasteiger partial charge in [-0.2, -0.15) is 0 Å². The molecule has 0 radical (unpaired) electrons. The van der Waals surface area contributed by atoms with Gasteiger partial charge in [-0.1, -0.05) is 52.8 Å². The predicted octanol–water partition coefficient (Wildman–Crippen LogP) is 3.84. The fourth-order valence-electron chi connectivity index (χ4n) is 2.28. The summed E-state index contributed by atoms with van der Waals surface area (Å²) in [6.45, 7) is 4.70. The van der Waals surface area contributed by atoms with Crippen molar-refractivity contribution in [3.8, 4) is 0 Å². The smallest absolute Gasteiger partial charge is 0.225 e. The maximum Gasteiger partial charge on any atom is 0.249 e. The topological polar surface area (TPSA) is 8.81 Å². The van der Waals surface area contributed by atoms with Crippen LogP contribution < -0.4 is 4.57 Å². The van der Waals surface area contributed by atoms with E-state index >= 15 is 0 Å². The van der Waals surface area contributed by atoms with E-state index in [1.54, 1.807) is 0 Å². The van der Waals surface area contributed by atoms with E-state index < -0.39 is 0 Å². The Bertz CT molecular complexity index is 743. The lowest BCUT2D eigenvalue weighted by molar-refractivity contribution is -0.662. The number of hydrogen-bond acceptors (Lipinski definition) is 0. The van der Waals surface area contributed by atoms with E-state index in [4.69, 9.17) is 0 Å². The van der Waals surface area contributed by atoms with Crippen molar-refractivity contribution in [2.75, 3.05) is 0 Å². The van der Waals surface area contributed by atoms with Crippen LogP contribution in [-0.4, -0.2) is 4.57 Å². The molecule has 2 aromatic carbocycles. The van der Waals surface area contributed by atoms with Gasteiger partial charge in [0.15, 0.2) is 11.0 Å². The zero-order valence-electron chi connectivity index (χ0n) is 10.5. The Labute approximate surface area is 120 Å². The van der Waals surface area contributed by atoms with Gasteiger partial charge in [0, 0.05) is 10.0 Å². The molecule has 3 aromatic rings. The summed E-state index contributed by atoms with van der Waals surface area (Å²) in [5, 5.41) is 0. The molecule has 1 heterocycles.